The average molecular weight is 192 g/mol. The molecule has 0 amide bonds. The quantitative estimate of drug-likeness (QED) is 0.656. The van der Waals surface area contributed by atoms with Crippen molar-refractivity contribution in [1.29, 1.82) is 0 Å². The Morgan fingerprint density at radius 2 is 2.17 bits per heavy atom. The molecular weight excluding hydrogens is 176 g/mol. The van der Waals surface area contributed by atoms with Crippen molar-refractivity contribution in [1.82, 2.24) is 4.31 Å². The molecule has 4 nitrogen and oxygen atoms in total. The highest BCUT2D eigenvalue weighted by Crippen LogP contribution is 2.21. The van der Waals surface area contributed by atoms with Crippen molar-refractivity contribution in [3.63, 3.8) is 0 Å². The van der Waals surface area contributed by atoms with E-state index in [0.29, 0.717) is 6.54 Å². The topological polar surface area (TPSA) is 63.4 Å². The van der Waals surface area contributed by atoms with E-state index in [4.69, 9.17) is 5.73 Å². The molecule has 12 heavy (non-hydrogen) atoms. The Balaban J connectivity index is 2.78. The summed E-state index contributed by atoms with van der Waals surface area (Å²) in [7, 11) is -3.04. The van der Waals surface area contributed by atoms with Gasteiger partial charge in [-0.2, -0.15) is 4.31 Å². The Hall–Kier alpha value is -0.130. The van der Waals surface area contributed by atoms with E-state index in [-0.39, 0.29) is 12.1 Å². The van der Waals surface area contributed by atoms with Gasteiger partial charge >= 0.3 is 0 Å². The first kappa shape index (κ1) is 9.95. The van der Waals surface area contributed by atoms with E-state index < -0.39 is 10.0 Å². The van der Waals surface area contributed by atoms with Crippen LogP contribution in [0.4, 0.5) is 0 Å². The van der Waals surface area contributed by atoms with Crippen molar-refractivity contribution in [2.24, 2.45) is 5.73 Å². The van der Waals surface area contributed by atoms with Crippen LogP contribution in [0.15, 0.2) is 0 Å². The van der Waals surface area contributed by atoms with E-state index >= 15 is 0 Å². The maximum absolute atomic E-state index is 11.2. The predicted molar refractivity (Wildman–Crippen MR) is 48.2 cm³/mol. The lowest BCUT2D eigenvalue weighted by Gasteiger charge is -2.24. The summed E-state index contributed by atoms with van der Waals surface area (Å²) in [5.41, 5.74) is 5.68. The van der Waals surface area contributed by atoms with Gasteiger partial charge in [0.1, 0.15) is 0 Å². The van der Waals surface area contributed by atoms with Crippen molar-refractivity contribution in [3.8, 4) is 0 Å². The summed E-state index contributed by atoms with van der Waals surface area (Å²) in [6.45, 7) is 2.49. The van der Waals surface area contributed by atoms with E-state index in [0.717, 1.165) is 12.8 Å². The van der Waals surface area contributed by atoms with E-state index in [1.807, 2.05) is 6.92 Å². The minimum atomic E-state index is -3.04. The average Bonchev–Trinajstić information content (AvgIpc) is 2.30. The van der Waals surface area contributed by atoms with Crippen LogP contribution in [-0.2, 0) is 10.0 Å². The van der Waals surface area contributed by atoms with E-state index in [1.54, 1.807) is 0 Å². The normalized spacial score (nSPS) is 29.1. The third-order valence-corrected chi connectivity index (χ3v) is 3.59. The Labute approximate surface area is 73.8 Å². The largest absolute Gasteiger partial charge is 0.326 e. The maximum Gasteiger partial charge on any atom is 0.211 e. The third kappa shape index (κ3) is 1.97. The molecule has 0 aromatic heterocycles. The van der Waals surface area contributed by atoms with Gasteiger partial charge in [-0.15, -0.1) is 0 Å². The van der Waals surface area contributed by atoms with Crippen LogP contribution in [0.5, 0.6) is 0 Å². The predicted octanol–water partition coefficient (Wildman–Crippen LogP) is -0.242. The van der Waals surface area contributed by atoms with Gasteiger partial charge in [0.2, 0.25) is 10.0 Å². The van der Waals surface area contributed by atoms with Crippen molar-refractivity contribution in [2.75, 3.05) is 12.8 Å². The van der Waals surface area contributed by atoms with E-state index in [2.05, 4.69) is 0 Å². The number of hydrogen-bond acceptors (Lipinski definition) is 3. The van der Waals surface area contributed by atoms with E-state index in [9.17, 15) is 8.42 Å². The highest BCUT2D eigenvalue weighted by molar-refractivity contribution is 7.88. The summed E-state index contributed by atoms with van der Waals surface area (Å²) in [5.74, 6) is 0. The number of nitrogens with zero attached hydrogens (tertiary/aromatic N) is 1. The van der Waals surface area contributed by atoms with Crippen LogP contribution in [0.25, 0.3) is 0 Å². The zero-order chi connectivity index (χ0) is 9.35. The second-order valence-corrected chi connectivity index (χ2v) is 5.38. The van der Waals surface area contributed by atoms with Crippen LogP contribution >= 0.6 is 0 Å². The molecule has 1 heterocycles. The summed E-state index contributed by atoms with van der Waals surface area (Å²) in [5, 5.41) is 0. The lowest BCUT2D eigenvalue weighted by Crippen LogP contribution is -2.44. The molecule has 0 radical (unpaired) electrons. The van der Waals surface area contributed by atoms with Crippen molar-refractivity contribution >= 4 is 10.0 Å². The fourth-order valence-corrected chi connectivity index (χ4v) is 2.95. The van der Waals surface area contributed by atoms with Gasteiger partial charge in [-0.3, -0.25) is 0 Å². The SMILES string of the molecule is CC(N)C1CCCN1S(C)(=O)=O. The number of rotatable bonds is 2. The molecule has 0 bridgehead atoms. The first-order valence-corrected chi connectivity index (χ1v) is 6.00. The summed E-state index contributed by atoms with van der Waals surface area (Å²) in [6.07, 6.45) is 3.07. The van der Waals surface area contributed by atoms with Gasteiger partial charge in [0.05, 0.1) is 6.26 Å². The van der Waals surface area contributed by atoms with Gasteiger partial charge < -0.3 is 5.73 Å². The van der Waals surface area contributed by atoms with Gasteiger partial charge in [0.15, 0.2) is 0 Å². The molecule has 0 spiro atoms. The van der Waals surface area contributed by atoms with Crippen molar-refractivity contribution in [3.05, 3.63) is 0 Å². The maximum atomic E-state index is 11.2. The highest BCUT2D eigenvalue weighted by atomic mass is 32.2. The van der Waals surface area contributed by atoms with E-state index in [1.165, 1.54) is 10.6 Å². The molecular formula is C7H16N2O2S. The van der Waals surface area contributed by atoms with Crippen LogP contribution in [0.1, 0.15) is 19.8 Å². The Kier molecular flexibility index (Phi) is 2.75. The molecule has 2 N–H and O–H groups in total. The zero-order valence-corrected chi connectivity index (χ0v) is 8.34. The fourth-order valence-electron chi connectivity index (χ4n) is 1.70. The molecule has 0 aliphatic carbocycles. The number of nitrogens with two attached hydrogens (primary N) is 1. The summed E-state index contributed by atoms with van der Waals surface area (Å²) < 4.78 is 23.9. The minimum Gasteiger partial charge on any atom is -0.326 e. The standard InChI is InChI=1S/C7H16N2O2S/c1-6(8)7-4-3-5-9(7)12(2,10)11/h6-7H,3-5,8H2,1-2H3. The molecule has 2 atom stereocenters. The molecule has 72 valence electrons. The lowest BCUT2D eigenvalue weighted by molar-refractivity contribution is 0.352. The molecule has 1 aliphatic rings. The second-order valence-electron chi connectivity index (χ2n) is 3.44. The molecule has 5 heteroatoms. The molecule has 1 fully saturated rings. The van der Waals surface area contributed by atoms with Gasteiger partial charge in [-0.25, -0.2) is 8.42 Å². The summed E-state index contributed by atoms with van der Waals surface area (Å²) in [6, 6.07) is -0.0535. The zero-order valence-electron chi connectivity index (χ0n) is 7.53. The minimum absolute atomic E-state index is 0.0139. The Morgan fingerprint density at radius 3 is 2.50 bits per heavy atom. The second kappa shape index (κ2) is 3.32. The van der Waals surface area contributed by atoms with Gasteiger partial charge in [-0.1, -0.05) is 0 Å². The lowest BCUT2D eigenvalue weighted by atomic mass is 10.1. The number of sulfonamides is 1. The van der Waals surface area contributed by atoms with Crippen molar-refractivity contribution in [2.45, 2.75) is 31.8 Å². The first-order valence-electron chi connectivity index (χ1n) is 4.15. The van der Waals surface area contributed by atoms with Crippen LogP contribution in [0.3, 0.4) is 0 Å². The van der Waals surface area contributed by atoms with Crippen LogP contribution in [0, 0.1) is 0 Å². The van der Waals surface area contributed by atoms with Gasteiger partial charge in [-0.05, 0) is 19.8 Å². The molecule has 2 unspecified atom stereocenters. The summed E-state index contributed by atoms with van der Waals surface area (Å²) in [4.78, 5) is 0. The molecule has 0 saturated carbocycles. The number of hydrogen-bond donors (Lipinski definition) is 1. The van der Waals surface area contributed by atoms with Gasteiger partial charge in [0, 0.05) is 18.6 Å². The van der Waals surface area contributed by atoms with Crippen molar-refractivity contribution < 1.29 is 8.42 Å². The monoisotopic (exact) mass is 192 g/mol. The Morgan fingerprint density at radius 1 is 1.58 bits per heavy atom. The first-order chi connectivity index (χ1) is 5.43. The smallest absolute Gasteiger partial charge is 0.211 e. The van der Waals surface area contributed by atoms with Crippen LogP contribution in [-0.4, -0.2) is 37.6 Å². The third-order valence-electron chi connectivity index (χ3n) is 2.28. The molecule has 0 aromatic carbocycles. The highest BCUT2D eigenvalue weighted by Gasteiger charge is 2.33. The Bertz CT molecular complexity index is 248. The molecule has 1 aliphatic heterocycles. The van der Waals surface area contributed by atoms with Crippen LogP contribution < -0.4 is 5.73 Å². The molecule has 1 rings (SSSR count). The fraction of sp³-hybridized carbons (Fsp3) is 1.00. The molecule has 0 aromatic rings. The molecule has 1 saturated heterocycles. The van der Waals surface area contributed by atoms with Gasteiger partial charge in [0.25, 0.3) is 0 Å². The summed E-state index contributed by atoms with van der Waals surface area (Å²) >= 11 is 0. The van der Waals surface area contributed by atoms with Crippen LogP contribution in [0.2, 0.25) is 0 Å².